The third-order valence-electron chi connectivity index (χ3n) is 1.44. The van der Waals surface area contributed by atoms with Crippen LogP contribution in [0.25, 0.3) is 9.78 Å². The fourth-order valence-corrected chi connectivity index (χ4v) is 2.01. The van der Waals surface area contributed by atoms with E-state index in [1.54, 1.807) is 6.07 Å². The molecule has 1 aromatic carbocycles. The van der Waals surface area contributed by atoms with Gasteiger partial charge >= 0.3 is 72.6 Å². The molecule has 6 heteroatoms. The van der Waals surface area contributed by atoms with Crippen molar-refractivity contribution in [3.05, 3.63) is 28.3 Å². The van der Waals surface area contributed by atoms with Crippen LogP contribution in [-0.4, -0.2) is 28.8 Å². The van der Waals surface area contributed by atoms with Crippen molar-refractivity contribution < 1.29 is 4.92 Å². The molecule has 0 N–H and O–H groups in total. The molecule has 1 aromatic heterocycles. The third-order valence-corrected chi connectivity index (χ3v) is 2.92. The van der Waals surface area contributed by atoms with E-state index in [1.807, 2.05) is 0 Å². The zero-order valence-corrected chi connectivity index (χ0v) is 7.51. The van der Waals surface area contributed by atoms with Crippen LogP contribution in [0.5, 0.6) is 0 Å². The number of nitro benzene ring substituents is 1. The molecule has 2 aromatic rings. The molecule has 0 amide bonds. The minimum absolute atomic E-state index is 0.0183. The number of hydrogen-bond acceptors (Lipinski definition) is 4. The number of benzene rings is 1. The van der Waals surface area contributed by atoms with Crippen LogP contribution in [0.4, 0.5) is 5.69 Å². The molecule has 60 valence electrons. The summed E-state index contributed by atoms with van der Waals surface area (Å²) in [6.45, 7) is 0. The molecule has 0 spiro atoms. The summed E-state index contributed by atoms with van der Waals surface area (Å²) in [5.41, 5.74) is 0.717. The van der Waals surface area contributed by atoms with Crippen molar-refractivity contribution in [1.82, 2.24) is 9.19 Å². The van der Waals surface area contributed by atoms with Gasteiger partial charge in [0.05, 0.1) is 0 Å². The number of rotatable bonds is 1. The standard InChI is InChI=1S/C6H3N3O2Se/c10-9(11)4-1-2-6-5(3-4)7-8-12-6/h1-3H. The van der Waals surface area contributed by atoms with E-state index in [9.17, 15) is 10.1 Å². The summed E-state index contributed by atoms with van der Waals surface area (Å²) in [6, 6.07) is 4.65. The van der Waals surface area contributed by atoms with Gasteiger partial charge in [0.2, 0.25) is 0 Å². The molecular weight excluding hydrogens is 225 g/mol. The molecule has 5 nitrogen and oxygen atoms in total. The normalized spacial score (nSPS) is 10.3. The van der Waals surface area contributed by atoms with Crippen molar-refractivity contribution in [1.29, 1.82) is 0 Å². The Hall–Kier alpha value is -1.26. The molecule has 0 aliphatic heterocycles. The molecule has 0 saturated heterocycles. The summed E-state index contributed by atoms with van der Waals surface area (Å²) >= 11 is 0.0183. The van der Waals surface area contributed by atoms with Gasteiger partial charge in [-0.1, -0.05) is 0 Å². The van der Waals surface area contributed by atoms with Crippen molar-refractivity contribution in [2.75, 3.05) is 0 Å². The van der Waals surface area contributed by atoms with E-state index in [1.165, 1.54) is 12.1 Å². The summed E-state index contributed by atoms with van der Waals surface area (Å²) in [5.74, 6) is 0. The van der Waals surface area contributed by atoms with Crippen molar-refractivity contribution in [2.45, 2.75) is 0 Å². The number of nitro groups is 1. The summed E-state index contributed by atoms with van der Waals surface area (Å²) in [5, 5.41) is 14.1. The maximum atomic E-state index is 10.3. The van der Waals surface area contributed by atoms with Crippen molar-refractivity contribution >= 4 is 30.2 Å². The van der Waals surface area contributed by atoms with Crippen molar-refractivity contribution in [3.63, 3.8) is 0 Å². The Kier molecular flexibility index (Phi) is 1.64. The monoisotopic (exact) mass is 229 g/mol. The first-order chi connectivity index (χ1) is 5.77. The van der Waals surface area contributed by atoms with Crippen molar-refractivity contribution in [2.24, 2.45) is 0 Å². The number of fused-ring (bicyclic) bond motifs is 1. The fraction of sp³-hybridized carbons (Fsp3) is 0. The van der Waals surface area contributed by atoms with E-state index in [0.717, 1.165) is 4.26 Å². The summed E-state index contributed by atoms with van der Waals surface area (Å²) in [4.78, 5) is 9.91. The summed E-state index contributed by atoms with van der Waals surface area (Å²) in [6.07, 6.45) is 0. The van der Waals surface area contributed by atoms with Crippen LogP contribution >= 0.6 is 0 Å². The maximum absolute atomic E-state index is 10.3. The van der Waals surface area contributed by atoms with Gasteiger partial charge in [-0.2, -0.15) is 0 Å². The van der Waals surface area contributed by atoms with Gasteiger partial charge < -0.3 is 0 Å². The molecule has 0 fully saturated rings. The molecule has 1 heterocycles. The Morgan fingerprint density at radius 2 is 2.33 bits per heavy atom. The van der Waals surface area contributed by atoms with Gasteiger partial charge in [-0.15, -0.1) is 0 Å². The quantitative estimate of drug-likeness (QED) is 0.407. The first kappa shape index (κ1) is 7.39. The van der Waals surface area contributed by atoms with Crippen LogP contribution in [0.2, 0.25) is 0 Å². The zero-order chi connectivity index (χ0) is 8.55. The predicted molar refractivity (Wildman–Crippen MR) is 43.1 cm³/mol. The Bertz CT molecular complexity index is 439. The number of nitrogens with zero attached hydrogens (tertiary/aromatic N) is 3. The van der Waals surface area contributed by atoms with Gasteiger partial charge in [0.25, 0.3) is 0 Å². The molecule has 0 bridgehead atoms. The van der Waals surface area contributed by atoms with Crippen LogP contribution in [0.15, 0.2) is 18.2 Å². The third kappa shape index (κ3) is 1.11. The first-order valence-electron chi connectivity index (χ1n) is 3.14. The predicted octanol–water partition coefficient (Wildman–Crippen LogP) is 0.595. The van der Waals surface area contributed by atoms with Gasteiger partial charge in [-0.25, -0.2) is 0 Å². The Morgan fingerprint density at radius 3 is 3.08 bits per heavy atom. The van der Waals surface area contributed by atoms with Crippen molar-refractivity contribution in [3.8, 4) is 0 Å². The fourth-order valence-electron chi connectivity index (χ4n) is 0.883. The van der Waals surface area contributed by atoms with E-state index in [4.69, 9.17) is 0 Å². The molecule has 0 saturated carbocycles. The Balaban J connectivity index is 2.68. The Labute approximate surface area is 73.2 Å². The average molecular weight is 228 g/mol. The van der Waals surface area contributed by atoms with Gasteiger partial charge in [-0.3, -0.25) is 0 Å². The van der Waals surface area contributed by atoms with Gasteiger partial charge in [0, 0.05) is 0 Å². The molecule has 2 rings (SSSR count). The van der Waals surface area contributed by atoms with E-state index < -0.39 is 4.92 Å². The van der Waals surface area contributed by atoms with Gasteiger partial charge in [-0.05, 0) is 0 Å². The molecule has 0 atom stereocenters. The second-order valence-corrected chi connectivity index (χ2v) is 3.83. The van der Waals surface area contributed by atoms with Crippen LogP contribution in [0.3, 0.4) is 0 Å². The zero-order valence-electron chi connectivity index (χ0n) is 5.80. The topological polar surface area (TPSA) is 68.9 Å². The first-order valence-corrected chi connectivity index (χ1v) is 4.76. The Morgan fingerprint density at radius 1 is 1.50 bits per heavy atom. The summed E-state index contributed by atoms with van der Waals surface area (Å²) < 4.78 is 4.82. The molecular formula is C6H3N3O2Se. The second-order valence-electron chi connectivity index (χ2n) is 2.18. The van der Waals surface area contributed by atoms with Gasteiger partial charge in [0.1, 0.15) is 0 Å². The van der Waals surface area contributed by atoms with Crippen LogP contribution in [0.1, 0.15) is 0 Å². The average Bonchev–Trinajstić information content (AvgIpc) is 2.49. The SMILES string of the molecule is O=[N+]([O-])c1ccc2[se]nnc2c1. The molecule has 0 aliphatic rings. The molecule has 12 heavy (non-hydrogen) atoms. The van der Waals surface area contributed by atoms with E-state index >= 15 is 0 Å². The van der Waals surface area contributed by atoms with E-state index in [0.29, 0.717) is 5.52 Å². The van der Waals surface area contributed by atoms with Gasteiger partial charge in [0.15, 0.2) is 0 Å². The number of aromatic nitrogens is 2. The summed E-state index contributed by atoms with van der Waals surface area (Å²) in [7, 11) is 0. The number of non-ortho nitro benzene ring substituents is 1. The van der Waals surface area contributed by atoms with Crippen LogP contribution in [-0.2, 0) is 0 Å². The minimum atomic E-state index is -0.429. The molecule has 0 unspecified atom stereocenters. The van der Waals surface area contributed by atoms with E-state index in [-0.39, 0.29) is 20.4 Å². The molecule has 0 radical (unpaired) electrons. The van der Waals surface area contributed by atoms with Crippen LogP contribution in [0, 0.1) is 10.1 Å². The van der Waals surface area contributed by atoms with E-state index in [2.05, 4.69) is 9.19 Å². The second kappa shape index (κ2) is 2.65. The van der Waals surface area contributed by atoms with Crippen LogP contribution < -0.4 is 0 Å². The molecule has 0 aliphatic carbocycles. The number of hydrogen-bond donors (Lipinski definition) is 0.